The first-order chi connectivity index (χ1) is 20.2. The van der Waals surface area contributed by atoms with Crippen molar-refractivity contribution in [2.24, 2.45) is 0 Å². The minimum Gasteiger partial charge on any atom is -1.00 e. The minimum atomic E-state index is -4.73. The number of rotatable bonds is 29. The predicted octanol–water partition coefficient (Wildman–Crippen LogP) is 7.26. The second kappa shape index (κ2) is 36.3. The fourth-order valence-corrected chi connectivity index (χ4v) is 5.31. The van der Waals surface area contributed by atoms with Crippen molar-refractivity contribution in [3.8, 4) is 0 Å². The molecule has 0 fully saturated rings. The Labute approximate surface area is 290 Å². The van der Waals surface area contributed by atoms with Gasteiger partial charge in [0.2, 0.25) is 0 Å². The van der Waals surface area contributed by atoms with Crippen LogP contribution in [0.25, 0.3) is 0 Å². The maximum absolute atomic E-state index is 12.0. The van der Waals surface area contributed by atoms with Gasteiger partial charge in [0.25, 0.3) is 10.1 Å². The van der Waals surface area contributed by atoms with Crippen LogP contribution in [0.5, 0.6) is 0 Å². The molecule has 1 unspecified atom stereocenters. The van der Waals surface area contributed by atoms with Gasteiger partial charge in [0.15, 0.2) is 5.25 Å². The van der Waals surface area contributed by atoms with E-state index in [0.29, 0.717) is 12.8 Å². The zero-order chi connectivity index (χ0) is 31.7. The normalized spacial score (nSPS) is 11.7. The molecule has 0 radical (unpaired) electrons. The minimum absolute atomic E-state index is 0. The van der Waals surface area contributed by atoms with Gasteiger partial charge in [-0.2, -0.15) is 8.42 Å². The van der Waals surface area contributed by atoms with E-state index in [9.17, 15) is 22.6 Å². The number of carbonyl (C=O) groups excluding carboxylic acids is 2. The summed E-state index contributed by atoms with van der Waals surface area (Å²) in [5, 5.41) is -1.93. The predicted molar refractivity (Wildman–Crippen MR) is 176 cm³/mol. The summed E-state index contributed by atoms with van der Waals surface area (Å²) in [6.45, 7) is 9.07. The van der Waals surface area contributed by atoms with E-state index < -0.39 is 33.7 Å². The van der Waals surface area contributed by atoms with Crippen molar-refractivity contribution in [1.82, 2.24) is 0 Å². The maximum Gasteiger partial charge on any atom is 1.00 e. The third-order valence-corrected chi connectivity index (χ3v) is 8.51. The number of ether oxygens (including phenoxy) is 2. The van der Waals surface area contributed by atoms with Crippen molar-refractivity contribution in [2.75, 3.05) is 13.2 Å². The Morgan fingerprint density at radius 2 is 0.814 bits per heavy atom. The molecule has 0 heterocycles. The van der Waals surface area contributed by atoms with Crippen molar-refractivity contribution >= 4 is 22.1 Å². The fraction of sp³-hybridized carbons (Fsp3) is 0.941. The number of carbonyl (C=O) groups is 2. The van der Waals surface area contributed by atoms with E-state index in [-0.39, 0.29) is 44.2 Å². The van der Waals surface area contributed by atoms with Crippen LogP contribution in [0.15, 0.2) is 0 Å². The van der Waals surface area contributed by atoms with E-state index in [2.05, 4.69) is 27.7 Å². The average Bonchev–Trinajstić information content (AvgIpc) is 2.95. The van der Waals surface area contributed by atoms with Gasteiger partial charge in [-0.15, -0.1) is 0 Å². The fourth-order valence-electron chi connectivity index (χ4n) is 4.65. The maximum atomic E-state index is 12.0. The Bertz CT molecular complexity index is 696. The van der Waals surface area contributed by atoms with Crippen molar-refractivity contribution in [3.63, 3.8) is 0 Å². The van der Waals surface area contributed by atoms with Crippen LogP contribution in [0, 0.1) is 0 Å². The van der Waals surface area contributed by atoms with Crippen LogP contribution in [0.1, 0.15) is 190 Å². The van der Waals surface area contributed by atoms with Gasteiger partial charge < -0.3 is 10.9 Å². The van der Waals surface area contributed by atoms with E-state index >= 15 is 0 Å². The smallest absolute Gasteiger partial charge is 1.00 e. The van der Waals surface area contributed by atoms with Crippen LogP contribution >= 0.6 is 0 Å². The summed E-state index contributed by atoms with van der Waals surface area (Å²) in [5.41, 5.74) is 0. The molecule has 0 amide bonds. The Morgan fingerprint density at radius 1 is 0.535 bits per heavy atom. The van der Waals surface area contributed by atoms with Crippen molar-refractivity contribution in [1.29, 1.82) is 0 Å². The molecule has 0 saturated carbocycles. The molecule has 0 saturated heterocycles. The number of hydrogen-bond acceptors (Lipinski definition) is 6. The number of unbranched alkanes of at least 4 members (excludes halogenated alkanes) is 21. The molecule has 7 nitrogen and oxygen atoms in total. The first-order valence-electron chi connectivity index (χ1n) is 17.5. The topological polar surface area (TPSA) is 107 Å². The summed E-state index contributed by atoms with van der Waals surface area (Å²) in [4.78, 5) is 23.8. The monoisotopic (exact) mass is 644 g/mol. The second-order valence-electron chi connectivity index (χ2n) is 11.7. The molecule has 1 N–H and O–H groups in total. The van der Waals surface area contributed by atoms with Gasteiger partial charge in [0, 0.05) is 0 Å². The first kappa shape index (κ1) is 47.3. The third-order valence-electron chi connectivity index (χ3n) is 7.43. The zero-order valence-corrected chi connectivity index (χ0v) is 31.8. The van der Waals surface area contributed by atoms with Crippen LogP contribution in [0.3, 0.4) is 0 Å². The molecular formula is C34H69NaO7S. The quantitative estimate of drug-likeness (QED) is 0.0395. The molecule has 0 aromatic carbocycles. The van der Waals surface area contributed by atoms with Gasteiger partial charge in [0.05, 0.1) is 19.6 Å². The van der Waals surface area contributed by atoms with Gasteiger partial charge in [-0.3, -0.25) is 14.1 Å². The molecule has 1 atom stereocenters. The molecule has 9 heteroatoms. The van der Waals surface area contributed by atoms with E-state index in [1.165, 1.54) is 83.5 Å². The molecule has 0 aromatic rings. The summed E-state index contributed by atoms with van der Waals surface area (Å²) in [7, 11) is -4.73. The molecule has 0 aliphatic rings. The van der Waals surface area contributed by atoms with Gasteiger partial charge >= 0.3 is 41.5 Å². The average molecular weight is 645 g/mol. The van der Waals surface area contributed by atoms with Crippen LogP contribution in [0.4, 0.5) is 0 Å². The van der Waals surface area contributed by atoms with Gasteiger partial charge in [-0.1, -0.05) is 169 Å². The van der Waals surface area contributed by atoms with E-state index in [1.807, 2.05) is 0 Å². The third kappa shape index (κ3) is 36.2. The van der Waals surface area contributed by atoms with Gasteiger partial charge in [-0.25, -0.2) is 0 Å². The van der Waals surface area contributed by atoms with Gasteiger partial charge in [0.1, 0.15) is 0 Å². The zero-order valence-electron chi connectivity index (χ0n) is 30.0. The Balaban J connectivity index is -0.000000424. The molecule has 0 spiro atoms. The standard InChI is InChI=1S/C20H38O7S.C14H30.Na.H/c1-3-5-7-9-11-13-15-26-19(21)17-18(28(23,24)25)20(22)27-16-14-12-10-8-6-4-2;1-3-5-7-9-11-13-14-12-10-8-6-4-2;;/h18H,3-17H2,1-2H3,(H,23,24,25);3-14H2,1-2H3;;/q;;+1;-1. The first-order valence-corrected chi connectivity index (χ1v) is 19.0. The van der Waals surface area contributed by atoms with Crippen molar-refractivity contribution < 1.29 is 63.0 Å². The molecular weight excluding hydrogens is 575 g/mol. The summed E-state index contributed by atoms with van der Waals surface area (Å²) < 4.78 is 42.0. The van der Waals surface area contributed by atoms with Crippen molar-refractivity contribution in [3.05, 3.63) is 0 Å². The van der Waals surface area contributed by atoms with Crippen LogP contribution < -0.4 is 29.6 Å². The van der Waals surface area contributed by atoms with Crippen molar-refractivity contribution in [2.45, 2.75) is 193 Å². The Hall–Kier alpha value is -0.150. The molecule has 43 heavy (non-hydrogen) atoms. The molecule has 0 bridgehead atoms. The SMILES string of the molecule is CCCCCCCCCCCCCC.CCCCCCCCOC(=O)CC(C(=O)OCCCCCCCC)S(=O)(=O)O.[H-].[Na+]. The summed E-state index contributed by atoms with van der Waals surface area (Å²) in [5.74, 6) is -1.93. The molecule has 0 aromatic heterocycles. The van der Waals surface area contributed by atoms with Crippen LogP contribution in [0.2, 0.25) is 0 Å². The molecule has 254 valence electrons. The van der Waals surface area contributed by atoms with E-state index in [0.717, 1.165) is 57.8 Å². The molecule has 0 aliphatic carbocycles. The van der Waals surface area contributed by atoms with Crippen LogP contribution in [-0.4, -0.2) is 43.4 Å². The van der Waals surface area contributed by atoms with E-state index in [4.69, 9.17) is 9.47 Å². The summed E-state index contributed by atoms with van der Waals surface area (Å²) in [6.07, 6.45) is 28.8. The second-order valence-corrected chi connectivity index (χ2v) is 13.3. The number of hydrogen-bond donors (Lipinski definition) is 1. The number of esters is 2. The Morgan fingerprint density at radius 3 is 1.12 bits per heavy atom. The van der Waals surface area contributed by atoms with E-state index in [1.54, 1.807) is 0 Å². The summed E-state index contributed by atoms with van der Waals surface area (Å²) in [6, 6.07) is 0. The van der Waals surface area contributed by atoms with Crippen LogP contribution in [-0.2, 0) is 29.2 Å². The largest absolute Gasteiger partial charge is 1.00 e. The van der Waals surface area contributed by atoms with Gasteiger partial charge in [-0.05, 0) is 12.8 Å². The molecule has 0 rings (SSSR count). The summed E-state index contributed by atoms with van der Waals surface area (Å²) >= 11 is 0. The molecule has 0 aliphatic heterocycles. The Kier molecular flexibility index (Phi) is 39.9.